The van der Waals surface area contributed by atoms with Gasteiger partial charge >= 0.3 is 0 Å². The Labute approximate surface area is 71.2 Å². The molecule has 11 heavy (non-hydrogen) atoms. The minimum absolute atomic E-state index is 0.220. The zero-order valence-electron chi connectivity index (χ0n) is 6.87. The van der Waals surface area contributed by atoms with Crippen molar-refractivity contribution in [1.29, 1.82) is 0 Å². The van der Waals surface area contributed by atoms with Gasteiger partial charge in [-0.1, -0.05) is 5.16 Å². The molecule has 5 heteroatoms. The molecule has 0 saturated heterocycles. The van der Waals surface area contributed by atoms with Crippen molar-refractivity contribution in [2.24, 2.45) is 10.9 Å². The third kappa shape index (κ3) is 6.00. The number of oxime groups is 1. The number of nitrogens with two attached hydrogens (primary N) is 1. The number of nitrogens with zero attached hydrogens (tertiary/aromatic N) is 1. The molecule has 0 aromatic heterocycles. The molecule has 0 rings (SSSR count). The van der Waals surface area contributed by atoms with Crippen molar-refractivity contribution in [2.75, 3.05) is 18.6 Å². The van der Waals surface area contributed by atoms with E-state index >= 15 is 0 Å². The molecule has 0 aliphatic carbocycles. The Hall–Kier alpha value is -0.420. The van der Waals surface area contributed by atoms with Crippen LogP contribution in [0.3, 0.4) is 0 Å². The minimum Gasteiger partial charge on any atom is -0.409 e. The predicted octanol–water partition coefficient (Wildman–Crippen LogP) is 0.0739. The summed E-state index contributed by atoms with van der Waals surface area (Å²) in [6.07, 6.45) is 2.04. The normalized spacial score (nSPS) is 14.9. The van der Waals surface area contributed by atoms with Crippen LogP contribution in [0.15, 0.2) is 5.16 Å². The molecule has 0 radical (unpaired) electrons. The molecule has 4 N–H and O–H groups in total. The first-order valence-electron chi connectivity index (χ1n) is 3.39. The van der Waals surface area contributed by atoms with Gasteiger partial charge in [0.05, 0.1) is 6.54 Å². The summed E-state index contributed by atoms with van der Waals surface area (Å²) in [5.41, 5.74) is 5.25. The number of amidine groups is 1. The SMILES string of the molecule is CSCC(C)NCC(N)=NO. The predicted molar refractivity (Wildman–Crippen MR) is 49.3 cm³/mol. The van der Waals surface area contributed by atoms with Gasteiger partial charge in [-0.2, -0.15) is 11.8 Å². The first-order chi connectivity index (χ1) is 5.20. The molecule has 1 unspecified atom stereocenters. The van der Waals surface area contributed by atoms with Crippen molar-refractivity contribution in [3.63, 3.8) is 0 Å². The summed E-state index contributed by atoms with van der Waals surface area (Å²) < 4.78 is 0. The van der Waals surface area contributed by atoms with E-state index in [0.717, 1.165) is 5.75 Å². The number of nitrogens with one attached hydrogen (secondary N) is 1. The van der Waals surface area contributed by atoms with Gasteiger partial charge in [-0.3, -0.25) is 0 Å². The van der Waals surface area contributed by atoms with Gasteiger partial charge in [-0.15, -0.1) is 0 Å². The van der Waals surface area contributed by atoms with E-state index in [0.29, 0.717) is 12.6 Å². The molecule has 0 amide bonds. The minimum atomic E-state index is 0.220. The molecule has 66 valence electrons. The summed E-state index contributed by atoms with van der Waals surface area (Å²) in [4.78, 5) is 0. The fraction of sp³-hybridized carbons (Fsp3) is 0.833. The van der Waals surface area contributed by atoms with Crippen LogP contribution in [0.4, 0.5) is 0 Å². The van der Waals surface area contributed by atoms with Crippen molar-refractivity contribution in [3.05, 3.63) is 0 Å². The van der Waals surface area contributed by atoms with Crippen molar-refractivity contribution in [1.82, 2.24) is 5.32 Å². The summed E-state index contributed by atoms with van der Waals surface area (Å²) >= 11 is 1.76. The fourth-order valence-corrected chi connectivity index (χ4v) is 1.24. The zero-order valence-corrected chi connectivity index (χ0v) is 7.69. The number of hydrogen-bond acceptors (Lipinski definition) is 4. The van der Waals surface area contributed by atoms with Crippen LogP contribution in [0.1, 0.15) is 6.92 Å². The lowest BCUT2D eigenvalue weighted by atomic mass is 10.4. The average Bonchev–Trinajstić information content (AvgIpc) is 2.01. The molecule has 0 heterocycles. The molecular weight excluding hydrogens is 162 g/mol. The van der Waals surface area contributed by atoms with E-state index in [4.69, 9.17) is 10.9 Å². The summed E-state index contributed by atoms with van der Waals surface area (Å²) in [6.45, 7) is 2.50. The summed E-state index contributed by atoms with van der Waals surface area (Å²) in [6, 6.07) is 0.394. The maximum Gasteiger partial charge on any atom is 0.153 e. The smallest absolute Gasteiger partial charge is 0.153 e. The number of rotatable bonds is 5. The number of thioether (sulfide) groups is 1. The van der Waals surface area contributed by atoms with Gasteiger partial charge in [0, 0.05) is 11.8 Å². The maximum atomic E-state index is 8.20. The van der Waals surface area contributed by atoms with Gasteiger partial charge in [0.25, 0.3) is 0 Å². The van der Waals surface area contributed by atoms with Crippen LogP contribution < -0.4 is 11.1 Å². The van der Waals surface area contributed by atoms with Crippen molar-refractivity contribution in [2.45, 2.75) is 13.0 Å². The molecular formula is C6H15N3OS. The molecule has 4 nitrogen and oxygen atoms in total. The Kier molecular flexibility index (Phi) is 6.06. The molecule has 1 atom stereocenters. The molecule has 0 spiro atoms. The van der Waals surface area contributed by atoms with Gasteiger partial charge in [-0.05, 0) is 13.2 Å². The summed E-state index contributed by atoms with van der Waals surface area (Å²) in [5.74, 6) is 1.25. The molecule has 0 saturated carbocycles. The first kappa shape index (κ1) is 10.6. The zero-order chi connectivity index (χ0) is 8.69. The third-order valence-corrected chi connectivity index (χ3v) is 2.01. The molecule has 0 aliphatic rings. The standard InChI is InChI=1S/C6H15N3OS/c1-5(4-11-2)8-3-6(7)9-10/h5,8,10H,3-4H2,1-2H3,(H2,7,9). The van der Waals surface area contributed by atoms with Crippen molar-refractivity contribution >= 4 is 17.6 Å². The Bertz CT molecular complexity index is 129. The van der Waals surface area contributed by atoms with Crippen LogP contribution in [0.5, 0.6) is 0 Å². The van der Waals surface area contributed by atoms with Gasteiger partial charge < -0.3 is 16.3 Å². The van der Waals surface area contributed by atoms with Gasteiger partial charge in [-0.25, -0.2) is 0 Å². The summed E-state index contributed by atoms with van der Waals surface area (Å²) in [7, 11) is 0. The van der Waals surface area contributed by atoms with Crippen molar-refractivity contribution < 1.29 is 5.21 Å². The van der Waals surface area contributed by atoms with Crippen LogP contribution in [0.2, 0.25) is 0 Å². The number of hydrogen-bond donors (Lipinski definition) is 3. The quantitative estimate of drug-likeness (QED) is 0.241. The highest BCUT2D eigenvalue weighted by Crippen LogP contribution is 1.94. The Morgan fingerprint density at radius 3 is 2.91 bits per heavy atom. The Balaban J connectivity index is 3.37. The second-order valence-corrected chi connectivity index (χ2v) is 3.24. The molecule has 0 bridgehead atoms. The fourth-order valence-electron chi connectivity index (χ4n) is 0.623. The highest BCUT2D eigenvalue weighted by atomic mass is 32.2. The van der Waals surface area contributed by atoms with E-state index in [1.54, 1.807) is 11.8 Å². The summed E-state index contributed by atoms with van der Waals surface area (Å²) in [5, 5.41) is 14.1. The van der Waals surface area contributed by atoms with E-state index < -0.39 is 0 Å². The van der Waals surface area contributed by atoms with Crippen molar-refractivity contribution in [3.8, 4) is 0 Å². The Morgan fingerprint density at radius 2 is 2.45 bits per heavy atom. The largest absolute Gasteiger partial charge is 0.409 e. The van der Waals surface area contributed by atoms with Gasteiger partial charge in [0.1, 0.15) is 0 Å². The van der Waals surface area contributed by atoms with E-state index in [2.05, 4.69) is 17.4 Å². The van der Waals surface area contributed by atoms with E-state index in [1.165, 1.54) is 0 Å². The lowest BCUT2D eigenvalue weighted by Crippen LogP contribution is -2.36. The molecule has 0 aliphatic heterocycles. The monoisotopic (exact) mass is 177 g/mol. The van der Waals surface area contributed by atoms with Gasteiger partial charge in [0.15, 0.2) is 5.84 Å². The first-order valence-corrected chi connectivity index (χ1v) is 4.78. The van der Waals surface area contributed by atoms with E-state index in [1.807, 2.05) is 6.26 Å². The van der Waals surface area contributed by atoms with Gasteiger partial charge in [0.2, 0.25) is 0 Å². The van der Waals surface area contributed by atoms with Crippen LogP contribution in [-0.4, -0.2) is 35.6 Å². The second kappa shape index (κ2) is 6.30. The maximum absolute atomic E-state index is 8.20. The van der Waals surface area contributed by atoms with Crippen LogP contribution in [-0.2, 0) is 0 Å². The third-order valence-electron chi connectivity index (χ3n) is 1.18. The highest BCUT2D eigenvalue weighted by molar-refractivity contribution is 7.98. The average molecular weight is 177 g/mol. The van der Waals surface area contributed by atoms with Crippen LogP contribution in [0, 0.1) is 0 Å². The molecule has 0 fully saturated rings. The van der Waals surface area contributed by atoms with Crippen LogP contribution >= 0.6 is 11.8 Å². The van der Waals surface area contributed by atoms with Crippen LogP contribution in [0.25, 0.3) is 0 Å². The Morgan fingerprint density at radius 1 is 1.82 bits per heavy atom. The highest BCUT2D eigenvalue weighted by Gasteiger charge is 1.99. The second-order valence-electron chi connectivity index (χ2n) is 2.33. The van der Waals surface area contributed by atoms with E-state index in [-0.39, 0.29) is 5.84 Å². The lowest BCUT2D eigenvalue weighted by Gasteiger charge is -2.10. The van der Waals surface area contributed by atoms with E-state index in [9.17, 15) is 0 Å². The topological polar surface area (TPSA) is 70.6 Å². The molecule has 0 aromatic carbocycles. The lowest BCUT2D eigenvalue weighted by molar-refractivity contribution is 0.317. The molecule has 0 aromatic rings.